The van der Waals surface area contributed by atoms with E-state index >= 15 is 0 Å². The minimum atomic E-state index is -0.928. The molecule has 1 aromatic rings. The van der Waals surface area contributed by atoms with Crippen molar-refractivity contribution in [2.24, 2.45) is 0 Å². The topological polar surface area (TPSA) is 69.6 Å². The molecule has 5 nitrogen and oxygen atoms in total. The Balaban J connectivity index is 1.79. The molecule has 0 unspecified atom stereocenters. The van der Waals surface area contributed by atoms with E-state index in [1.165, 1.54) is 12.1 Å². The third kappa shape index (κ3) is 4.62. The zero-order valence-corrected chi connectivity index (χ0v) is 11.0. The molecule has 2 rings (SSSR count). The molecule has 2 N–H and O–H groups in total. The van der Waals surface area contributed by atoms with E-state index in [4.69, 9.17) is 5.11 Å². The third-order valence-electron chi connectivity index (χ3n) is 3.15. The van der Waals surface area contributed by atoms with Crippen molar-refractivity contribution in [1.29, 1.82) is 0 Å². The van der Waals surface area contributed by atoms with Crippen LogP contribution >= 0.6 is 0 Å². The van der Waals surface area contributed by atoms with Crippen molar-refractivity contribution in [3.05, 3.63) is 35.6 Å². The van der Waals surface area contributed by atoms with Gasteiger partial charge in [0.15, 0.2) is 0 Å². The number of nitrogens with one attached hydrogen (secondary N) is 1. The molecule has 0 heterocycles. The number of halogens is 1. The first-order chi connectivity index (χ1) is 9.54. The Morgan fingerprint density at radius 1 is 1.25 bits per heavy atom. The van der Waals surface area contributed by atoms with Gasteiger partial charge in [-0.2, -0.15) is 0 Å². The molecule has 1 aromatic carbocycles. The monoisotopic (exact) mass is 280 g/mol. The van der Waals surface area contributed by atoms with Crippen molar-refractivity contribution < 1.29 is 19.1 Å². The van der Waals surface area contributed by atoms with Crippen LogP contribution in [0.25, 0.3) is 0 Å². The van der Waals surface area contributed by atoms with Crippen molar-refractivity contribution in [3.8, 4) is 0 Å². The summed E-state index contributed by atoms with van der Waals surface area (Å²) in [5.41, 5.74) is 0.802. The second kappa shape index (κ2) is 6.47. The maximum absolute atomic E-state index is 12.7. The number of rotatable bonds is 7. The van der Waals surface area contributed by atoms with Gasteiger partial charge in [0.1, 0.15) is 5.82 Å². The van der Waals surface area contributed by atoms with Crippen LogP contribution in [0.2, 0.25) is 0 Å². The number of benzene rings is 1. The lowest BCUT2D eigenvalue weighted by Gasteiger charge is -2.18. The predicted molar refractivity (Wildman–Crippen MR) is 70.5 cm³/mol. The van der Waals surface area contributed by atoms with E-state index in [0.29, 0.717) is 6.54 Å². The first kappa shape index (κ1) is 14.5. The van der Waals surface area contributed by atoms with Crippen molar-refractivity contribution in [2.45, 2.75) is 25.4 Å². The van der Waals surface area contributed by atoms with Gasteiger partial charge in [0, 0.05) is 12.6 Å². The van der Waals surface area contributed by atoms with E-state index in [9.17, 15) is 14.0 Å². The van der Waals surface area contributed by atoms with Crippen LogP contribution in [-0.2, 0) is 16.1 Å². The number of aliphatic carboxylic acids is 1. The summed E-state index contributed by atoms with van der Waals surface area (Å²) in [7, 11) is 0. The summed E-state index contributed by atoms with van der Waals surface area (Å²) in [5.74, 6) is -1.47. The lowest BCUT2D eigenvalue weighted by Crippen LogP contribution is -2.40. The van der Waals surface area contributed by atoms with Crippen molar-refractivity contribution in [1.82, 2.24) is 10.2 Å². The molecular weight excluding hydrogens is 263 g/mol. The summed E-state index contributed by atoms with van der Waals surface area (Å²) in [6.07, 6.45) is 1.89. The van der Waals surface area contributed by atoms with Crippen molar-refractivity contribution in [3.63, 3.8) is 0 Å². The first-order valence-corrected chi connectivity index (χ1v) is 6.51. The van der Waals surface area contributed by atoms with Crippen LogP contribution in [-0.4, -0.2) is 41.0 Å². The van der Waals surface area contributed by atoms with Gasteiger partial charge in [0.2, 0.25) is 5.91 Å². The highest BCUT2D eigenvalue weighted by Crippen LogP contribution is 2.26. The molecule has 1 amide bonds. The Bertz CT molecular complexity index is 486. The fraction of sp³-hybridized carbons (Fsp3) is 0.429. The number of nitrogens with zero attached hydrogens (tertiary/aromatic N) is 1. The molecule has 0 aliphatic heterocycles. The van der Waals surface area contributed by atoms with Gasteiger partial charge in [-0.15, -0.1) is 0 Å². The van der Waals surface area contributed by atoms with E-state index in [0.717, 1.165) is 18.4 Å². The summed E-state index contributed by atoms with van der Waals surface area (Å²) in [6.45, 7) is 0.275. The molecule has 6 heteroatoms. The number of carbonyl (C=O) groups excluding carboxylic acids is 1. The van der Waals surface area contributed by atoms with E-state index in [1.54, 1.807) is 17.0 Å². The molecular formula is C14H17FN2O3. The van der Waals surface area contributed by atoms with Gasteiger partial charge in [-0.25, -0.2) is 4.39 Å². The zero-order chi connectivity index (χ0) is 14.5. The third-order valence-corrected chi connectivity index (χ3v) is 3.15. The molecule has 0 atom stereocenters. The van der Waals surface area contributed by atoms with Crippen LogP contribution in [0.3, 0.4) is 0 Å². The second-order valence-electron chi connectivity index (χ2n) is 4.93. The highest BCUT2D eigenvalue weighted by atomic mass is 19.1. The number of carboxylic acid groups (broad SMARTS) is 1. The summed E-state index contributed by atoms with van der Waals surface area (Å²) < 4.78 is 12.7. The van der Waals surface area contributed by atoms with E-state index < -0.39 is 5.97 Å². The zero-order valence-electron chi connectivity index (χ0n) is 11.0. The molecule has 0 spiro atoms. The van der Waals surface area contributed by atoms with Crippen LogP contribution in [0.5, 0.6) is 0 Å². The number of amides is 1. The molecule has 108 valence electrons. The Hall–Kier alpha value is -1.95. The van der Waals surface area contributed by atoms with Crippen LogP contribution in [0.1, 0.15) is 18.4 Å². The second-order valence-corrected chi connectivity index (χ2v) is 4.93. The molecule has 1 fully saturated rings. The minimum Gasteiger partial charge on any atom is -0.480 e. The van der Waals surface area contributed by atoms with Gasteiger partial charge >= 0.3 is 5.97 Å². The van der Waals surface area contributed by atoms with Gasteiger partial charge in [0.25, 0.3) is 0 Å². The number of carboxylic acids is 1. The van der Waals surface area contributed by atoms with Gasteiger partial charge < -0.3 is 10.4 Å². The van der Waals surface area contributed by atoms with Crippen LogP contribution in [0.15, 0.2) is 24.3 Å². The Morgan fingerprint density at radius 3 is 2.45 bits per heavy atom. The Kier molecular flexibility index (Phi) is 4.68. The molecule has 0 radical (unpaired) electrons. The average molecular weight is 280 g/mol. The quantitative estimate of drug-likeness (QED) is 0.781. The summed E-state index contributed by atoms with van der Waals surface area (Å²) >= 11 is 0. The summed E-state index contributed by atoms with van der Waals surface area (Å²) in [5, 5.41) is 11.5. The summed E-state index contributed by atoms with van der Waals surface area (Å²) in [4.78, 5) is 24.2. The van der Waals surface area contributed by atoms with Gasteiger partial charge in [0.05, 0.1) is 13.1 Å². The fourth-order valence-electron chi connectivity index (χ4n) is 1.97. The van der Waals surface area contributed by atoms with E-state index in [-0.39, 0.29) is 30.9 Å². The molecule has 0 bridgehead atoms. The Labute approximate surface area is 116 Å². The first-order valence-electron chi connectivity index (χ1n) is 6.51. The lowest BCUT2D eigenvalue weighted by atomic mass is 10.2. The van der Waals surface area contributed by atoms with Gasteiger partial charge in [-0.1, -0.05) is 12.1 Å². The maximum atomic E-state index is 12.7. The molecule has 1 aliphatic carbocycles. The smallest absolute Gasteiger partial charge is 0.317 e. The minimum absolute atomic E-state index is 0.0815. The lowest BCUT2D eigenvalue weighted by molar-refractivity contribution is -0.138. The van der Waals surface area contributed by atoms with E-state index in [1.807, 2.05) is 0 Å². The number of carbonyl (C=O) groups is 2. The molecule has 1 aliphatic rings. The SMILES string of the molecule is O=C(O)CN(CC(=O)NCc1ccc(F)cc1)C1CC1. The number of hydrogen-bond acceptors (Lipinski definition) is 3. The molecule has 1 saturated carbocycles. The largest absolute Gasteiger partial charge is 0.480 e. The van der Waals surface area contributed by atoms with Gasteiger partial charge in [-0.05, 0) is 30.5 Å². The normalized spacial score (nSPS) is 14.3. The number of hydrogen-bond donors (Lipinski definition) is 2. The van der Waals surface area contributed by atoms with E-state index in [2.05, 4.69) is 5.32 Å². The van der Waals surface area contributed by atoms with Crippen molar-refractivity contribution >= 4 is 11.9 Å². The molecule has 0 aromatic heterocycles. The fourth-order valence-corrected chi connectivity index (χ4v) is 1.97. The molecule has 0 saturated heterocycles. The molecule has 20 heavy (non-hydrogen) atoms. The van der Waals surface area contributed by atoms with Gasteiger partial charge in [-0.3, -0.25) is 14.5 Å². The average Bonchev–Trinajstić information content (AvgIpc) is 3.21. The van der Waals surface area contributed by atoms with Crippen molar-refractivity contribution in [2.75, 3.05) is 13.1 Å². The maximum Gasteiger partial charge on any atom is 0.317 e. The van der Waals surface area contributed by atoms with Crippen LogP contribution in [0.4, 0.5) is 4.39 Å². The van der Waals surface area contributed by atoms with Crippen LogP contribution in [0, 0.1) is 5.82 Å². The van der Waals surface area contributed by atoms with Crippen LogP contribution < -0.4 is 5.32 Å². The summed E-state index contributed by atoms with van der Waals surface area (Å²) in [6, 6.07) is 6.09. The standard InChI is InChI=1S/C14H17FN2O3/c15-11-3-1-10(2-4-11)7-16-13(18)8-17(9-14(19)20)12-5-6-12/h1-4,12H,5-9H2,(H,16,18)(H,19,20). The highest BCUT2D eigenvalue weighted by molar-refractivity contribution is 5.79. The predicted octanol–water partition coefficient (Wildman–Crippen LogP) is 0.991. The highest BCUT2D eigenvalue weighted by Gasteiger charge is 2.31. The Morgan fingerprint density at radius 2 is 1.90 bits per heavy atom.